The van der Waals surface area contributed by atoms with E-state index >= 15 is 0 Å². The summed E-state index contributed by atoms with van der Waals surface area (Å²) in [5.74, 6) is -0.466. The summed E-state index contributed by atoms with van der Waals surface area (Å²) in [7, 11) is 0. The first-order valence-electron chi connectivity index (χ1n) is 5.45. The van der Waals surface area contributed by atoms with E-state index in [9.17, 15) is 14.9 Å². The molecule has 1 rings (SSSR count). The van der Waals surface area contributed by atoms with Gasteiger partial charge in [0, 0.05) is 16.7 Å². The molecule has 1 aromatic carbocycles. The second-order valence-corrected chi connectivity index (χ2v) is 4.04. The quantitative estimate of drug-likeness (QED) is 0.267. The summed E-state index contributed by atoms with van der Waals surface area (Å²) in [5.41, 5.74) is 0.000400. The molecule has 0 N–H and O–H groups in total. The smallest absolute Gasteiger partial charge is 0.280 e. The number of rotatable bonds is 5. The molecular formula is C14H12ClNO3. The summed E-state index contributed by atoms with van der Waals surface area (Å²) in [6.45, 7) is 5.26. The Balaban J connectivity index is 3.39. The Morgan fingerprint density at radius 3 is 2.68 bits per heavy atom. The standard InChI is InChI=1S/C14H12ClNO3/c1-3-5-10(6-4-2)14(17)12-9-11(15)7-8-13(12)16(18)19/h3-9H,1H2,2H3/b6-4-,10-5+. The summed E-state index contributed by atoms with van der Waals surface area (Å²) in [4.78, 5) is 22.6. The lowest BCUT2D eigenvalue weighted by atomic mass is 10.0. The largest absolute Gasteiger partial charge is 0.288 e. The van der Waals surface area contributed by atoms with Crippen LogP contribution in [0.1, 0.15) is 17.3 Å². The maximum Gasteiger partial charge on any atom is 0.280 e. The van der Waals surface area contributed by atoms with Crippen molar-refractivity contribution in [3.05, 3.63) is 75.4 Å². The number of nitro groups is 1. The van der Waals surface area contributed by atoms with Crippen LogP contribution in [0.2, 0.25) is 5.02 Å². The predicted molar refractivity (Wildman–Crippen MR) is 75.5 cm³/mol. The number of hydrogen-bond donors (Lipinski definition) is 0. The van der Waals surface area contributed by atoms with Gasteiger partial charge in [-0.2, -0.15) is 0 Å². The molecule has 98 valence electrons. The number of nitro benzene ring substituents is 1. The molecule has 0 amide bonds. The molecule has 0 saturated carbocycles. The Morgan fingerprint density at radius 1 is 1.47 bits per heavy atom. The van der Waals surface area contributed by atoms with Gasteiger partial charge in [-0.15, -0.1) is 0 Å². The SMILES string of the molecule is C=C/C=C(\C=C/C)C(=O)c1cc(Cl)ccc1[N+](=O)[O-]. The van der Waals surface area contributed by atoms with Gasteiger partial charge in [0.1, 0.15) is 5.56 Å². The van der Waals surface area contributed by atoms with Crippen molar-refractivity contribution in [3.63, 3.8) is 0 Å². The average Bonchev–Trinajstić information content (AvgIpc) is 2.37. The number of allylic oxidation sites excluding steroid dienone is 5. The van der Waals surface area contributed by atoms with E-state index in [2.05, 4.69) is 6.58 Å². The molecule has 0 unspecified atom stereocenters. The van der Waals surface area contributed by atoms with E-state index in [0.29, 0.717) is 5.57 Å². The molecule has 0 spiro atoms. The lowest BCUT2D eigenvalue weighted by Crippen LogP contribution is -2.05. The Morgan fingerprint density at radius 2 is 2.16 bits per heavy atom. The van der Waals surface area contributed by atoms with Crippen molar-refractivity contribution in [2.45, 2.75) is 6.92 Å². The lowest BCUT2D eigenvalue weighted by Gasteiger charge is -2.03. The van der Waals surface area contributed by atoms with Gasteiger partial charge in [0.05, 0.1) is 4.92 Å². The molecule has 5 heteroatoms. The number of halogens is 1. The number of carbonyl (C=O) groups excluding carboxylic acids is 1. The molecule has 4 nitrogen and oxygen atoms in total. The highest BCUT2D eigenvalue weighted by atomic mass is 35.5. The van der Waals surface area contributed by atoms with Crippen LogP contribution in [0.4, 0.5) is 5.69 Å². The topological polar surface area (TPSA) is 60.2 Å². The Labute approximate surface area is 115 Å². The summed E-state index contributed by atoms with van der Waals surface area (Å²) < 4.78 is 0. The first kappa shape index (κ1) is 14.9. The fourth-order valence-electron chi connectivity index (χ4n) is 1.52. The first-order valence-corrected chi connectivity index (χ1v) is 5.83. The molecule has 0 aromatic heterocycles. The highest BCUT2D eigenvalue weighted by Crippen LogP contribution is 2.25. The molecule has 0 aliphatic carbocycles. The van der Waals surface area contributed by atoms with Crippen molar-refractivity contribution in [3.8, 4) is 0 Å². The van der Waals surface area contributed by atoms with E-state index in [0.717, 1.165) is 0 Å². The normalized spacial score (nSPS) is 11.6. The molecule has 0 bridgehead atoms. The van der Waals surface area contributed by atoms with E-state index in [4.69, 9.17) is 11.6 Å². The van der Waals surface area contributed by atoms with Crippen LogP contribution in [0.3, 0.4) is 0 Å². The number of nitrogens with zero attached hydrogens (tertiary/aromatic N) is 1. The molecule has 0 saturated heterocycles. The fourth-order valence-corrected chi connectivity index (χ4v) is 1.69. The van der Waals surface area contributed by atoms with Crippen LogP contribution in [0, 0.1) is 10.1 Å². The van der Waals surface area contributed by atoms with Crippen LogP contribution < -0.4 is 0 Å². The van der Waals surface area contributed by atoms with E-state index in [1.807, 2.05) is 0 Å². The van der Waals surface area contributed by atoms with Crippen molar-refractivity contribution in [1.29, 1.82) is 0 Å². The zero-order valence-electron chi connectivity index (χ0n) is 10.3. The Hall–Kier alpha value is -2.20. The van der Waals surface area contributed by atoms with Gasteiger partial charge in [-0.05, 0) is 19.1 Å². The van der Waals surface area contributed by atoms with Gasteiger partial charge in [0.15, 0.2) is 5.78 Å². The van der Waals surface area contributed by atoms with Crippen LogP contribution in [0.15, 0.2) is 54.7 Å². The first-order chi connectivity index (χ1) is 9.01. The van der Waals surface area contributed by atoms with E-state index in [-0.39, 0.29) is 16.3 Å². The minimum atomic E-state index is -0.606. The second kappa shape index (κ2) is 6.66. The molecule has 0 fully saturated rings. The third-order valence-electron chi connectivity index (χ3n) is 2.31. The zero-order valence-corrected chi connectivity index (χ0v) is 11.1. The van der Waals surface area contributed by atoms with E-state index < -0.39 is 10.7 Å². The molecule has 0 radical (unpaired) electrons. The molecule has 19 heavy (non-hydrogen) atoms. The molecule has 0 atom stereocenters. The number of ketones is 1. The molecule has 0 aliphatic heterocycles. The van der Waals surface area contributed by atoms with Crippen molar-refractivity contribution in [2.75, 3.05) is 0 Å². The van der Waals surface area contributed by atoms with Crippen molar-refractivity contribution in [2.24, 2.45) is 0 Å². The van der Waals surface area contributed by atoms with Gasteiger partial charge < -0.3 is 0 Å². The maximum atomic E-state index is 12.3. The number of benzene rings is 1. The minimum absolute atomic E-state index is 0.0382. The van der Waals surface area contributed by atoms with Crippen molar-refractivity contribution < 1.29 is 9.72 Å². The summed E-state index contributed by atoms with van der Waals surface area (Å²) in [6, 6.07) is 3.89. The monoisotopic (exact) mass is 277 g/mol. The van der Waals surface area contributed by atoms with Gasteiger partial charge in [-0.1, -0.05) is 42.5 Å². The third kappa shape index (κ3) is 3.63. The maximum absolute atomic E-state index is 12.3. The number of hydrogen-bond acceptors (Lipinski definition) is 3. The van der Waals surface area contributed by atoms with Crippen molar-refractivity contribution in [1.82, 2.24) is 0 Å². The molecular weight excluding hydrogens is 266 g/mol. The third-order valence-corrected chi connectivity index (χ3v) is 2.54. The van der Waals surface area contributed by atoms with Crippen LogP contribution in [0.5, 0.6) is 0 Å². The summed E-state index contributed by atoms with van der Waals surface area (Å²) >= 11 is 5.79. The second-order valence-electron chi connectivity index (χ2n) is 3.61. The average molecular weight is 278 g/mol. The van der Waals surface area contributed by atoms with Gasteiger partial charge in [0.2, 0.25) is 0 Å². The predicted octanol–water partition coefficient (Wildman–Crippen LogP) is 4.12. The van der Waals surface area contributed by atoms with Gasteiger partial charge in [-0.3, -0.25) is 14.9 Å². The summed E-state index contributed by atoms with van der Waals surface area (Å²) in [6.07, 6.45) is 6.18. The van der Waals surface area contributed by atoms with Crippen LogP contribution in [0.25, 0.3) is 0 Å². The number of carbonyl (C=O) groups is 1. The van der Waals surface area contributed by atoms with Crippen LogP contribution in [-0.4, -0.2) is 10.7 Å². The molecule has 0 heterocycles. The van der Waals surface area contributed by atoms with E-state index in [1.54, 1.807) is 19.1 Å². The van der Waals surface area contributed by atoms with E-state index in [1.165, 1.54) is 30.4 Å². The highest BCUT2D eigenvalue weighted by molar-refractivity contribution is 6.31. The van der Waals surface area contributed by atoms with Crippen molar-refractivity contribution >= 4 is 23.1 Å². The minimum Gasteiger partial charge on any atom is -0.288 e. The Bertz CT molecular complexity index is 588. The lowest BCUT2D eigenvalue weighted by molar-refractivity contribution is -0.385. The Kier molecular flexibility index (Phi) is 5.21. The fraction of sp³-hybridized carbons (Fsp3) is 0.0714. The van der Waals surface area contributed by atoms with Gasteiger partial charge >= 0.3 is 0 Å². The molecule has 1 aromatic rings. The molecule has 0 aliphatic rings. The zero-order chi connectivity index (χ0) is 14.4. The number of Topliss-reactive ketones (excluding diaryl/α,β-unsaturated/α-hetero) is 1. The van der Waals surface area contributed by atoms with Gasteiger partial charge in [-0.25, -0.2) is 0 Å². The summed E-state index contributed by atoms with van der Waals surface area (Å²) in [5, 5.41) is 11.2. The van der Waals surface area contributed by atoms with Crippen LogP contribution >= 0.6 is 11.6 Å². The van der Waals surface area contributed by atoms with Gasteiger partial charge in [0.25, 0.3) is 5.69 Å². The highest BCUT2D eigenvalue weighted by Gasteiger charge is 2.21. The van der Waals surface area contributed by atoms with Crippen LogP contribution in [-0.2, 0) is 0 Å².